The van der Waals surface area contributed by atoms with E-state index in [1.807, 2.05) is 11.8 Å². The number of likely N-dealkylation sites (tertiary alicyclic amines) is 2. The zero-order valence-electron chi connectivity index (χ0n) is 25.5. The first-order valence-electron chi connectivity index (χ1n) is 15.3. The minimum Gasteiger partial charge on any atom is -0.368 e. The van der Waals surface area contributed by atoms with Crippen LogP contribution in [0.4, 0.5) is 5.82 Å². The molecular formula is C31H46N6O4S. The molecule has 0 bridgehead atoms. The molecule has 230 valence electrons. The largest absolute Gasteiger partial charge is 0.368 e. The van der Waals surface area contributed by atoms with Crippen molar-refractivity contribution in [2.75, 3.05) is 51.3 Å². The van der Waals surface area contributed by atoms with Crippen LogP contribution >= 0.6 is 0 Å². The smallest absolute Gasteiger partial charge is 0.272 e. The van der Waals surface area contributed by atoms with Crippen LogP contribution < -0.4 is 5.32 Å². The maximum atomic E-state index is 13.5. The number of benzene rings is 1. The molecule has 3 saturated heterocycles. The normalized spacial score (nSPS) is 23.3. The number of hydrogen-bond acceptors (Lipinski definition) is 8. The van der Waals surface area contributed by atoms with Crippen LogP contribution in [0.25, 0.3) is 0 Å². The Hall–Kier alpha value is -2.60. The van der Waals surface area contributed by atoms with Crippen LogP contribution in [0.5, 0.6) is 0 Å². The molecule has 3 aliphatic heterocycles. The molecule has 0 radical (unpaired) electrons. The van der Waals surface area contributed by atoms with E-state index in [9.17, 15) is 13.2 Å². The molecule has 11 heteroatoms. The number of carbonyl (C=O) groups is 1. The summed E-state index contributed by atoms with van der Waals surface area (Å²) in [7, 11) is -1.49. The molecule has 5 rings (SSSR count). The van der Waals surface area contributed by atoms with Crippen molar-refractivity contribution in [3.05, 3.63) is 53.0 Å². The first-order chi connectivity index (χ1) is 20.1. The number of ether oxygens (including phenoxy) is 1. The van der Waals surface area contributed by atoms with Crippen molar-refractivity contribution in [1.82, 2.24) is 24.1 Å². The van der Waals surface area contributed by atoms with Crippen LogP contribution in [0, 0.1) is 13.8 Å². The number of rotatable bonds is 8. The van der Waals surface area contributed by atoms with E-state index in [2.05, 4.69) is 51.4 Å². The van der Waals surface area contributed by atoms with Gasteiger partial charge in [-0.05, 0) is 77.4 Å². The standard InChI is InChI=1S/C31H46N6O4S/c1-22-7-5-8-24(19-22)28-10-6-9-27(41-28)20-32-30-23(2)29(33-21-34-30)31(38)37-17-13-26(14-18-37)36-15-11-25(12-16-36)35(3)42(4,39)40/h5,7-8,19,21,25-28H,6,9-18,20H2,1-4H3,(H,32,33,34). The van der Waals surface area contributed by atoms with Gasteiger partial charge in [0.05, 0.1) is 18.5 Å². The third kappa shape index (κ3) is 7.30. The average molecular weight is 599 g/mol. The summed E-state index contributed by atoms with van der Waals surface area (Å²) in [5.41, 5.74) is 3.71. The molecule has 10 nitrogen and oxygen atoms in total. The van der Waals surface area contributed by atoms with E-state index in [0.717, 1.165) is 63.6 Å². The van der Waals surface area contributed by atoms with Crippen LogP contribution in [0.1, 0.15) is 78.2 Å². The second kappa shape index (κ2) is 13.4. The van der Waals surface area contributed by atoms with E-state index in [0.29, 0.717) is 37.2 Å². The van der Waals surface area contributed by atoms with Gasteiger partial charge >= 0.3 is 0 Å². The molecule has 0 saturated carbocycles. The second-order valence-electron chi connectivity index (χ2n) is 12.2. The molecule has 1 amide bonds. The number of aryl methyl sites for hydroxylation is 1. The summed E-state index contributed by atoms with van der Waals surface area (Å²) in [4.78, 5) is 26.7. The molecule has 1 aromatic carbocycles. The van der Waals surface area contributed by atoms with Crippen LogP contribution in [-0.4, -0.2) is 103 Å². The Kier molecular flexibility index (Phi) is 9.81. The van der Waals surface area contributed by atoms with Gasteiger partial charge in [-0.15, -0.1) is 0 Å². The van der Waals surface area contributed by atoms with Gasteiger partial charge in [0.15, 0.2) is 0 Å². The van der Waals surface area contributed by atoms with Crippen molar-refractivity contribution in [3.63, 3.8) is 0 Å². The summed E-state index contributed by atoms with van der Waals surface area (Å²) < 4.78 is 31.8. The van der Waals surface area contributed by atoms with Crippen molar-refractivity contribution in [2.24, 2.45) is 0 Å². The van der Waals surface area contributed by atoms with E-state index < -0.39 is 10.0 Å². The Morgan fingerprint density at radius 2 is 1.79 bits per heavy atom. The highest BCUT2D eigenvalue weighted by Gasteiger charge is 2.33. The Labute approximate surface area is 250 Å². The molecule has 1 aromatic heterocycles. The lowest BCUT2D eigenvalue weighted by atomic mass is 9.97. The molecule has 2 aromatic rings. The Morgan fingerprint density at radius 1 is 1.05 bits per heavy atom. The lowest BCUT2D eigenvalue weighted by Crippen LogP contribution is -2.52. The molecule has 3 fully saturated rings. The average Bonchev–Trinajstić information content (AvgIpc) is 3.00. The predicted octanol–water partition coefficient (Wildman–Crippen LogP) is 3.78. The van der Waals surface area contributed by atoms with Gasteiger partial charge in [0.2, 0.25) is 10.0 Å². The van der Waals surface area contributed by atoms with E-state index in [1.54, 1.807) is 7.05 Å². The van der Waals surface area contributed by atoms with Crippen molar-refractivity contribution in [3.8, 4) is 0 Å². The fraction of sp³-hybridized carbons (Fsp3) is 0.645. The van der Waals surface area contributed by atoms with Crippen LogP contribution in [0.2, 0.25) is 0 Å². The van der Waals surface area contributed by atoms with Crippen molar-refractivity contribution in [2.45, 2.75) is 83.1 Å². The molecule has 1 N–H and O–H groups in total. The Morgan fingerprint density at radius 3 is 2.48 bits per heavy atom. The monoisotopic (exact) mass is 598 g/mol. The molecule has 2 atom stereocenters. The van der Waals surface area contributed by atoms with Gasteiger partial charge in [0.25, 0.3) is 5.91 Å². The van der Waals surface area contributed by atoms with Crippen molar-refractivity contribution >= 4 is 21.7 Å². The number of piperidine rings is 2. The number of hydrogen-bond donors (Lipinski definition) is 1. The molecule has 2 unspecified atom stereocenters. The van der Waals surface area contributed by atoms with Gasteiger partial charge in [-0.3, -0.25) is 4.79 Å². The van der Waals surface area contributed by atoms with E-state index >= 15 is 0 Å². The summed E-state index contributed by atoms with van der Waals surface area (Å²) in [6.07, 6.45) is 9.58. The maximum absolute atomic E-state index is 13.5. The van der Waals surface area contributed by atoms with Crippen LogP contribution in [0.15, 0.2) is 30.6 Å². The quantitative estimate of drug-likeness (QED) is 0.489. The Balaban J connectivity index is 1.12. The van der Waals surface area contributed by atoms with Gasteiger partial charge in [-0.1, -0.05) is 29.8 Å². The third-order valence-electron chi connectivity index (χ3n) is 9.35. The van der Waals surface area contributed by atoms with Crippen LogP contribution in [0.3, 0.4) is 0 Å². The summed E-state index contributed by atoms with van der Waals surface area (Å²) in [5.74, 6) is 0.643. The zero-order valence-corrected chi connectivity index (χ0v) is 26.3. The number of nitrogens with one attached hydrogen (secondary N) is 1. The zero-order chi connectivity index (χ0) is 29.9. The number of aromatic nitrogens is 2. The van der Waals surface area contributed by atoms with E-state index in [-0.39, 0.29) is 24.2 Å². The summed E-state index contributed by atoms with van der Waals surface area (Å²) in [6.45, 7) is 7.81. The minimum atomic E-state index is -3.17. The first kappa shape index (κ1) is 30.8. The highest BCUT2D eigenvalue weighted by molar-refractivity contribution is 7.88. The number of carbonyl (C=O) groups excluding carboxylic acids is 1. The third-order valence-corrected chi connectivity index (χ3v) is 10.7. The first-order valence-corrected chi connectivity index (χ1v) is 17.2. The summed E-state index contributed by atoms with van der Waals surface area (Å²) >= 11 is 0. The number of amides is 1. The fourth-order valence-electron chi connectivity index (χ4n) is 6.69. The highest BCUT2D eigenvalue weighted by atomic mass is 32.2. The fourth-order valence-corrected chi connectivity index (χ4v) is 7.44. The van der Waals surface area contributed by atoms with E-state index in [1.165, 1.54) is 28.0 Å². The van der Waals surface area contributed by atoms with E-state index in [4.69, 9.17) is 4.74 Å². The molecule has 42 heavy (non-hydrogen) atoms. The molecule has 3 aliphatic rings. The van der Waals surface area contributed by atoms with Gasteiger partial charge in [-0.25, -0.2) is 22.7 Å². The molecule has 4 heterocycles. The van der Waals surface area contributed by atoms with Gasteiger partial charge in [0, 0.05) is 44.3 Å². The lowest BCUT2D eigenvalue weighted by Gasteiger charge is -2.43. The second-order valence-corrected chi connectivity index (χ2v) is 14.3. The predicted molar refractivity (Wildman–Crippen MR) is 164 cm³/mol. The van der Waals surface area contributed by atoms with Crippen molar-refractivity contribution in [1.29, 1.82) is 0 Å². The minimum absolute atomic E-state index is 0.0432. The highest BCUT2D eigenvalue weighted by Crippen LogP contribution is 2.32. The number of anilines is 1. The topological polar surface area (TPSA) is 108 Å². The molecule has 0 aliphatic carbocycles. The number of nitrogens with zero attached hydrogens (tertiary/aromatic N) is 5. The van der Waals surface area contributed by atoms with Gasteiger partial charge in [0.1, 0.15) is 17.8 Å². The number of sulfonamides is 1. The lowest BCUT2D eigenvalue weighted by molar-refractivity contribution is -0.0442. The van der Waals surface area contributed by atoms with Crippen molar-refractivity contribution < 1.29 is 17.9 Å². The maximum Gasteiger partial charge on any atom is 0.272 e. The van der Waals surface area contributed by atoms with Crippen LogP contribution in [-0.2, 0) is 14.8 Å². The Bertz CT molecular complexity index is 1340. The molecular weight excluding hydrogens is 552 g/mol. The molecule has 0 spiro atoms. The summed E-state index contributed by atoms with van der Waals surface area (Å²) in [5, 5.41) is 3.44. The summed E-state index contributed by atoms with van der Waals surface area (Å²) in [6, 6.07) is 9.04. The van der Waals surface area contributed by atoms with Gasteiger partial charge < -0.3 is 19.9 Å². The van der Waals surface area contributed by atoms with Gasteiger partial charge in [-0.2, -0.15) is 0 Å². The SMILES string of the molecule is Cc1cccc(C2CCCC(CNc3ncnc(C(=O)N4CCC(N5CCC(N(C)S(C)(=O)=O)CC5)CC4)c3C)O2)c1.